The molecule has 11 heavy (non-hydrogen) atoms. The first-order valence-electron chi connectivity index (χ1n) is 3.74. The maximum atomic E-state index is 5.35. The number of hydrogen-bond donors (Lipinski definition) is 0. The lowest BCUT2D eigenvalue weighted by Gasteiger charge is -2.31. The third-order valence-electron chi connectivity index (χ3n) is 1.61. The second kappa shape index (κ2) is 3.34. The van der Waals surface area contributed by atoms with Crippen LogP contribution in [0.25, 0.3) is 0 Å². The van der Waals surface area contributed by atoms with Crippen LogP contribution in [0, 0.1) is 0 Å². The van der Waals surface area contributed by atoms with Gasteiger partial charge in [0.05, 0.1) is 6.10 Å². The summed E-state index contributed by atoms with van der Waals surface area (Å²) in [6.07, 6.45) is -0.386. The third-order valence-corrected chi connectivity index (χ3v) is 1.61. The van der Waals surface area contributed by atoms with Crippen molar-refractivity contribution in [2.24, 2.45) is 0 Å². The Hall–Kier alpha value is -0.380. The van der Waals surface area contributed by atoms with Crippen LogP contribution in [0.1, 0.15) is 20.8 Å². The molecule has 0 radical (unpaired) electrons. The molecule has 1 aliphatic heterocycles. The van der Waals surface area contributed by atoms with Gasteiger partial charge in [-0.2, -0.15) is 0 Å². The minimum absolute atomic E-state index is 0.0243. The summed E-state index contributed by atoms with van der Waals surface area (Å²) in [6.45, 7) is 9.40. The average Bonchev–Trinajstić information content (AvgIpc) is 1.85. The fourth-order valence-electron chi connectivity index (χ4n) is 1.10. The van der Waals surface area contributed by atoms with E-state index < -0.39 is 0 Å². The molecule has 0 aromatic carbocycles. The molecule has 0 aromatic rings. The number of ether oxygens (including phenoxy) is 1. The van der Waals surface area contributed by atoms with Crippen LogP contribution in [-0.2, 0) is 14.5 Å². The zero-order valence-electron chi connectivity index (χ0n) is 7.16. The Balaban J connectivity index is 2.50. The SMILES string of the molecule is C=C(C)[C@H]1OOC(C)O[C@@H]1C. The summed E-state index contributed by atoms with van der Waals surface area (Å²) in [6, 6.07) is 0. The van der Waals surface area contributed by atoms with Crippen molar-refractivity contribution in [2.45, 2.75) is 39.3 Å². The summed E-state index contributed by atoms with van der Waals surface area (Å²) in [5.41, 5.74) is 0.921. The fourth-order valence-corrected chi connectivity index (χ4v) is 1.10. The standard InChI is InChI=1S/C8H14O3/c1-5(2)8-6(3)9-7(4)10-11-8/h6-8H,1H2,2-4H3/t6-,7?,8-/m1/s1. The maximum Gasteiger partial charge on any atom is 0.188 e. The van der Waals surface area contributed by atoms with Crippen LogP contribution < -0.4 is 0 Å². The monoisotopic (exact) mass is 158 g/mol. The van der Waals surface area contributed by atoms with Crippen LogP contribution in [0.4, 0.5) is 0 Å². The minimum Gasteiger partial charge on any atom is -0.344 e. The van der Waals surface area contributed by atoms with Crippen LogP contribution in [0.3, 0.4) is 0 Å². The first-order chi connectivity index (χ1) is 5.11. The van der Waals surface area contributed by atoms with E-state index in [9.17, 15) is 0 Å². The van der Waals surface area contributed by atoms with E-state index in [0.29, 0.717) is 0 Å². The Kier molecular flexibility index (Phi) is 2.65. The highest BCUT2D eigenvalue weighted by Crippen LogP contribution is 2.19. The molecule has 3 atom stereocenters. The van der Waals surface area contributed by atoms with Crippen molar-refractivity contribution >= 4 is 0 Å². The van der Waals surface area contributed by atoms with Gasteiger partial charge in [-0.1, -0.05) is 6.58 Å². The van der Waals surface area contributed by atoms with Crippen LogP contribution in [0.15, 0.2) is 12.2 Å². The smallest absolute Gasteiger partial charge is 0.188 e. The Labute approximate surface area is 66.9 Å². The second-order valence-electron chi connectivity index (χ2n) is 2.87. The van der Waals surface area contributed by atoms with Gasteiger partial charge in [-0.25, -0.2) is 9.78 Å². The van der Waals surface area contributed by atoms with Gasteiger partial charge in [0.25, 0.3) is 0 Å². The first kappa shape index (κ1) is 8.71. The number of rotatable bonds is 1. The maximum absolute atomic E-state index is 5.35. The Morgan fingerprint density at radius 2 is 1.91 bits per heavy atom. The van der Waals surface area contributed by atoms with Crippen molar-refractivity contribution in [2.75, 3.05) is 0 Å². The normalized spacial score (nSPS) is 38.6. The van der Waals surface area contributed by atoms with Gasteiger partial charge < -0.3 is 4.74 Å². The summed E-state index contributed by atoms with van der Waals surface area (Å²) < 4.78 is 5.35. The van der Waals surface area contributed by atoms with Crippen molar-refractivity contribution in [1.29, 1.82) is 0 Å². The molecule has 1 aliphatic rings. The van der Waals surface area contributed by atoms with Crippen molar-refractivity contribution in [3.8, 4) is 0 Å². The molecule has 3 nitrogen and oxygen atoms in total. The highest BCUT2D eigenvalue weighted by molar-refractivity contribution is 5.00. The van der Waals surface area contributed by atoms with Gasteiger partial charge in [-0.3, -0.25) is 0 Å². The van der Waals surface area contributed by atoms with Gasteiger partial charge in [-0.05, 0) is 26.3 Å². The molecule has 0 amide bonds. The van der Waals surface area contributed by atoms with Gasteiger partial charge in [0.2, 0.25) is 0 Å². The van der Waals surface area contributed by atoms with Gasteiger partial charge in [-0.15, -0.1) is 0 Å². The zero-order chi connectivity index (χ0) is 8.43. The molecule has 0 aliphatic carbocycles. The van der Waals surface area contributed by atoms with E-state index in [2.05, 4.69) is 6.58 Å². The lowest BCUT2D eigenvalue weighted by molar-refractivity contribution is -0.444. The predicted octanol–water partition coefficient (Wildman–Crippen LogP) is 1.64. The molecular weight excluding hydrogens is 144 g/mol. The van der Waals surface area contributed by atoms with Crippen LogP contribution in [-0.4, -0.2) is 18.5 Å². The van der Waals surface area contributed by atoms with E-state index in [4.69, 9.17) is 14.5 Å². The van der Waals surface area contributed by atoms with Crippen LogP contribution in [0.2, 0.25) is 0 Å². The molecule has 0 saturated carbocycles. The topological polar surface area (TPSA) is 27.7 Å². The van der Waals surface area contributed by atoms with Gasteiger partial charge in [0.1, 0.15) is 6.10 Å². The third kappa shape index (κ3) is 2.02. The van der Waals surface area contributed by atoms with Crippen LogP contribution in [0.5, 0.6) is 0 Å². The van der Waals surface area contributed by atoms with Crippen molar-refractivity contribution in [3.63, 3.8) is 0 Å². The van der Waals surface area contributed by atoms with E-state index in [1.165, 1.54) is 0 Å². The molecule has 0 aromatic heterocycles. The molecular formula is C8H14O3. The van der Waals surface area contributed by atoms with E-state index in [-0.39, 0.29) is 18.5 Å². The van der Waals surface area contributed by atoms with Crippen molar-refractivity contribution < 1.29 is 14.5 Å². The van der Waals surface area contributed by atoms with Gasteiger partial charge >= 0.3 is 0 Å². The molecule has 0 bridgehead atoms. The fraction of sp³-hybridized carbons (Fsp3) is 0.750. The minimum atomic E-state index is -0.277. The average molecular weight is 158 g/mol. The van der Waals surface area contributed by atoms with Gasteiger partial charge in [0.15, 0.2) is 6.29 Å². The Morgan fingerprint density at radius 3 is 2.36 bits per heavy atom. The highest BCUT2D eigenvalue weighted by Gasteiger charge is 2.28. The molecule has 1 unspecified atom stereocenters. The molecule has 64 valence electrons. The van der Waals surface area contributed by atoms with Crippen LogP contribution >= 0.6 is 0 Å². The molecule has 1 rings (SSSR count). The Bertz CT molecular complexity index is 155. The molecule has 1 saturated heterocycles. The molecule has 1 fully saturated rings. The van der Waals surface area contributed by atoms with Crippen molar-refractivity contribution in [1.82, 2.24) is 0 Å². The summed E-state index contributed by atoms with van der Waals surface area (Å²) in [7, 11) is 0. The highest BCUT2D eigenvalue weighted by atomic mass is 17.2. The quantitative estimate of drug-likeness (QED) is 0.429. The zero-order valence-corrected chi connectivity index (χ0v) is 7.16. The lowest BCUT2D eigenvalue weighted by atomic mass is 10.1. The summed E-state index contributed by atoms with van der Waals surface area (Å²) in [5.74, 6) is 0. The second-order valence-corrected chi connectivity index (χ2v) is 2.87. The van der Waals surface area contributed by atoms with E-state index >= 15 is 0 Å². The molecule has 0 spiro atoms. The van der Waals surface area contributed by atoms with Crippen molar-refractivity contribution in [3.05, 3.63) is 12.2 Å². The van der Waals surface area contributed by atoms with E-state index in [1.54, 1.807) is 6.92 Å². The molecule has 1 heterocycles. The molecule has 3 heteroatoms. The van der Waals surface area contributed by atoms with E-state index in [0.717, 1.165) is 5.57 Å². The Morgan fingerprint density at radius 1 is 1.27 bits per heavy atom. The predicted molar refractivity (Wildman–Crippen MR) is 40.8 cm³/mol. The lowest BCUT2D eigenvalue weighted by Crippen LogP contribution is -2.39. The number of hydrogen-bond acceptors (Lipinski definition) is 3. The summed E-state index contributed by atoms with van der Waals surface area (Å²) in [4.78, 5) is 9.88. The largest absolute Gasteiger partial charge is 0.344 e. The van der Waals surface area contributed by atoms with Gasteiger partial charge in [0, 0.05) is 0 Å². The van der Waals surface area contributed by atoms with E-state index in [1.807, 2.05) is 13.8 Å². The summed E-state index contributed by atoms with van der Waals surface area (Å²) in [5, 5.41) is 0. The summed E-state index contributed by atoms with van der Waals surface area (Å²) >= 11 is 0. The molecule has 0 N–H and O–H groups in total. The first-order valence-corrected chi connectivity index (χ1v) is 3.74.